The fraction of sp³-hybridized carbons (Fsp3) is 0.324. The molecule has 3 fully saturated rings. The molecule has 7 nitrogen and oxygen atoms in total. The van der Waals surface area contributed by atoms with Crippen LogP contribution in [0.4, 0.5) is 18.9 Å². The number of thioether (sulfide) groups is 1. The predicted molar refractivity (Wildman–Crippen MR) is 176 cm³/mol. The molecule has 2 bridgehead atoms. The van der Waals surface area contributed by atoms with Gasteiger partial charge < -0.3 is 14.5 Å². The maximum atomic E-state index is 14.0. The Kier molecular flexibility index (Phi) is 7.66. The number of hydrogen-bond donors (Lipinski definition) is 1. The van der Waals surface area contributed by atoms with E-state index in [0.29, 0.717) is 33.0 Å². The van der Waals surface area contributed by atoms with E-state index < -0.39 is 41.1 Å². The van der Waals surface area contributed by atoms with E-state index >= 15 is 0 Å². The van der Waals surface area contributed by atoms with Crippen molar-refractivity contribution in [1.82, 2.24) is 4.98 Å². The fourth-order valence-electron chi connectivity index (χ4n) is 8.33. The van der Waals surface area contributed by atoms with Crippen LogP contribution in [0.15, 0.2) is 70.5 Å². The number of nitrogens with one attached hydrogen (secondary N) is 1. The van der Waals surface area contributed by atoms with Gasteiger partial charge in [0.05, 0.1) is 35.2 Å². The van der Waals surface area contributed by atoms with Crippen molar-refractivity contribution < 1.29 is 32.2 Å². The number of alkyl halides is 3. The summed E-state index contributed by atoms with van der Waals surface area (Å²) in [5, 5.41) is 1.56. The minimum absolute atomic E-state index is 0.137. The van der Waals surface area contributed by atoms with E-state index in [-0.39, 0.29) is 40.4 Å². The summed E-state index contributed by atoms with van der Waals surface area (Å²) >= 11 is 15.0. The first-order valence-electron chi connectivity index (χ1n) is 15.1. The molecule has 2 aliphatic carbocycles. The lowest BCUT2D eigenvalue weighted by molar-refractivity contribution is -0.137. The van der Waals surface area contributed by atoms with Gasteiger partial charge in [0.1, 0.15) is 6.61 Å². The van der Waals surface area contributed by atoms with Crippen molar-refractivity contribution >= 4 is 63.8 Å². The molecule has 3 aromatic carbocycles. The van der Waals surface area contributed by atoms with E-state index in [1.807, 2.05) is 12.1 Å². The van der Waals surface area contributed by atoms with Gasteiger partial charge in [-0.25, -0.2) is 4.90 Å². The number of anilines is 1. The Labute approximate surface area is 290 Å². The number of rotatable bonds is 6. The van der Waals surface area contributed by atoms with Crippen molar-refractivity contribution in [1.29, 1.82) is 0 Å². The van der Waals surface area contributed by atoms with Gasteiger partial charge >= 0.3 is 11.0 Å². The molecule has 1 aromatic heterocycles. The zero-order valence-electron chi connectivity index (χ0n) is 24.9. The van der Waals surface area contributed by atoms with Crippen LogP contribution in [-0.4, -0.2) is 29.2 Å². The minimum Gasteiger partial charge on any atom is -0.493 e. The standard InChI is InChI=1S/C34H25Cl2F3N2O5S2/c1-45-23-10-14(7-9-22(23)46-13-15-6-8-16(35)11-20(15)36)24-25-17-12-18(28(25)47-30-29(24)48-33(44)40-30)27-26(17)31(42)41(32(27)43)21-5-3-2-4-19(21)34(37,38)39/h2-11,17-18,24-28H,12-13H2,1H3,(H,40,44)/t17-,18-,24+,25+,26+,27+,28-/m1/s1. The monoisotopic (exact) mass is 732 g/mol. The topological polar surface area (TPSA) is 88.7 Å². The zero-order chi connectivity index (χ0) is 33.6. The van der Waals surface area contributed by atoms with E-state index in [1.54, 1.807) is 24.3 Å². The summed E-state index contributed by atoms with van der Waals surface area (Å²) in [6.07, 6.45) is -4.14. The van der Waals surface area contributed by atoms with Crippen molar-refractivity contribution in [2.75, 3.05) is 12.0 Å². The van der Waals surface area contributed by atoms with Gasteiger partial charge in [0.25, 0.3) is 0 Å². The number of methoxy groups -OCH3 is 1. The van der Waals surface area contributed by atoms with E-state index in [4.69, 9.17) is 32.7 Å². The lowest BCUT2D eigenvalue weighted by Gasteiger charge is -2.43. The van der Waals surface area contributed by atoms with Crippen LogP contribution in [-0.2, 0) is 22.4 Å². The van der Waals surface area contributed by atoms with Gasteiger partial charge in [0.2, 0.25) is 11.8 Å². The molecular weight excluding hydrogens is 708 g/mol. The molecular formula is C34H25Cl2F3N2O5S2. The summed E-state index contributed by atoms with van der Waals surface area (Å²) in [5.74, 6) is -2.72. The quantitative estimate of drug-likeness (QED) is 0.202. The Morgan fingerprint density at radius 3 is 2.44 bits per heavy atom. The average molecular weight is 734 g/mol. The first-order chi connectivity index (χ1) is 23.0. The molecule has 0 unspecified atom stereocenters. The second-order valence-corrected chi connectivity index (χ2v) is 15.5. The Hall–Kier alpha value is -3.45. The Morgan fingerprint density at radius 2 is 1.71 bits per heavy atom. The van der Waals surface area contributed by atoms with Crippen LogP contribution in [0.3, 0.4) is 0 Å². The number of halogens is 5. The molecule has 0 radical (unpaired) electrons. The van der Waals surface area contributed by atoms with Crippen LogP contribution in [0.2, 0.25) is 10.0 Å². The summed E-state index contributed by atoms with van der Waals surface area (Å²) in [6.45, 7) is 0.164. The number of para-hydroxylation sites is 1. The number of aromatic nitrogens is 1. The Bertz CT molecular complexity index is 2050. The molecule has 4 aliphatic rings. The van der Waals surface area contributed by atoms with Crippen LogP contribution < -0.4 is 19.2 Å². The highest BCUT2D eigenvalue weighted by Gasteiger charge is 2.70. The smallest absolute Gasteiger partial charge is 0.418 e. The van der Waals surface area contributed by atoms with E-state index in [9.17, 15) is 27.6 Å². The third-order valence-corrected chi connectivity index (χ3v) is 13.3. The number of amides is 2. The van der Waals surface area contributed by atoms with Gasteiger partial charge in [-0.1, -0.05) is 58.8 Å². The summed E-state index contributed by atoms with van der Waals surface area (Å²) < 4.78 is 53.8. The maximum Gasteiger partial charge on any atom is 0.418 e. The van der Waals surface area contributed by atoms with E-state index in [0.717, 1.165) is 38.3 Å². The minimum atomic E-state index is -4.74. The van der Waals surface area contributed by atoms with Gasteiger partial charge in [0, 0.05) is 31.7 Å². The SMILES string of the molecule is COc1cc([C@@H]2c3sc(=O)[nH]c3S[C@@H]3[C@@H]4C[C@@H]([C@@H]5C(=O)N(c6ccccc6C(F)(F)F)C(=O)[C@@H]45)[C@@H]23)ccc1OCc1ccc(Cl)cc1Cl. The third kappa shape index (κ3) is 4.89. The molecule has 8 rings (SSSR count). The number of aromatic amines is 1. The summed E-state index contributed by atoms with van der Waals surface area (Å²) in [4.78, 5) is 44.9. The molecule has 1 N–H and O–H groups in total. The molecule has 2 saturated carbocycles. The van der Waals surface area contributed by atoms with Crippen LogP contribution in [0, 0.1) is 29.6 Å². The van der Waals surface area contributed by atoms with Gasteiger partial charge in [0.15, 0.2) is 11.5 Å². The summed E-state index contributed by atoms with van der Waals surface area (Å²) in [5.41, 5.74) is 0.136. The number of carbonyl (C=O) groups is 2. The summed E-state index contributed by atoms with van der Waals surface area (Å²) in [6, 6.07) is 15.4. The van der Waals surface area contributed by atoms with Crippen LogP contribution in [0.25, 0.3) is 0 Å². The highest BCUT2D eigenvalue weighted by molar-refractivity contribution is 8.00. The molecule has 14 heteroatoms. The molecule has 2 aliphatic heterocycles. The second-order valence-electron chi connectivity index (χ2n) is 12.4. The Morgan fingerprint density at radius 1 is 0.958 bits per heavy atom. The van der Waals surface area contributed by atoms with E-state index in [1.165, 1.54) is 37.1 Å². The van der Waals surface area contributed by atoms with Crippen molar-refractivity contribution in [3.8, 4) is 11.5 Å². The Balaban J connectivity index is 1.15. The van der Waals surface area contributed by atoms with Crippen molar-refractivity contribution in [2.45, 2.75) is 35.4 Å². The molecule has 4 aromatic rings. The lowest BCUT2D eigenvalue weighted by Crippen LogP contribution is -2.42. The van der Waals surface area contributed by atoms with Crippen molar-refractivity contribution in [3.05, 3.63) is 102 Å². The average Bonchev–Trinajstić information content (AvgIpc) is 3.79. The van der Waals surface area contributed by atoms with Gasteiger partial charge in [-0.15, -0.1) is 11.8 Å². The van der Waals surface area contributed by atoms with Crippen LogP contribution in [0.1, 0.15) is 33.9 Å². The number of benzene rings is 3. The third-order valence-electron chi connectivity index (χ3n) is 10.1. The molecule has 0 spiro atoms. The summed E-state index contributed by atoms with van der Waals surface area (Å²) in [7, 11) is 1.53. The molecule has 1 saturated heterocycles. The van der Waals surface area contributed by atoms with Crippen molar-refractivity contribution in [3.63, 3.8) is 0 Å². The van der Waals surface area contributed by atoms with Crippen LogP contribution in [0.5, 0.6) is 11.5 Å². The van der Waals surface area contributed by atoms with Gasteiger partial charge in [-0.2, -0.15) is 13.2 Å². The molecule has 2 amide bonds. The normalized spacial score (nSPS) is 27.2. The predicted octanol–water partition coefficient (Wildman–Crippen LogP) is 8.03. The lowest BCUT2D eigenvalue weighted by atomic mass is 9.68. The van der Waals surface area contributed by atoms with Crippen molar-refractivity contribution in [2.24, 2.45) is 29.6 Å². The molecule has 248 valence electrons. The van der Waals surface area contributed by atoms with Gasteiger partial charge in [-0.3, -0.25) is 14.4 Å². The highest BCUT2D eigenvalue weighted by atomic mass is 35.5. The van der Waals surface area contributed by atoms with Gasteiger partial charge in [-0.05, 0) is 66.1 Å². The first-order valence-corrected chi connectivity index (χ1v) is 17.6. The first kappa shape index (κ1) is 31.8. The molecule has 48 heavy (non-hydrogen) atoms. The number of thiazole rings is 1. The van der Waals surface area contributed by atoms with E-state index in [2.05, 4.69) is 4.98 Å². The largest absolute Gasteiger partial charge is 0.493 e. The molecule has 7 atom stereocenters. The number of H-pyrrole nitrogens is 1. The number of ether oxygens (including phenoxy) is 2. The highest BCUT2D eigenvalue weighted by Crippen LogP contribution is 2.69. The number of carbonyl (C=O) groups excluding carboxylic acids is 2. The zero-order valence-corrected chi connectivity index (χ0v) is 28.1. The molecule has 3 heterocycles. The van der Waals surface area contributed by atoms with Crippen LogP contribution >= 0.6 is 46.3 Å². The fourth-order valence-corrected chi connectivity index (χ4v) is 11.7. The number of nitrogens with zero attached hydrogens (tertiary/aromatic N) is 1. The second kappa shape index (κ2) is 11.6. The number of hydrogen-bond acceptors (Lipinski definition) is 7. The number of fused-ring (bicyclic) bond motifs is 9. The number of imide groups is 1. The maximum absolute atomic E-state index is 14.0.